The van der Waals surface area contributed by atoms with Gasteiger partial charge in [0.05, 0.1) is 30.8 Å². The maximum absolute atomic E-state index is 14.8. The minimum Gasteiger partial charge on any atom is -0.348 e. The molecule has 1 amide bonds. The van der Waals surface area contributed by atoms with Crippen molar-refractivity contribution in [3.05, 3.63) is 47.8 Å². The predicted molar refractivity (Wildman–Crippen MR) is 185 cm³/mol. The van der Waals surface area contributed by atoms with E-state index in [1.165, 1.54) is 68.6 Å². The smallest absolute Gasteiger partial charge is 0.246 e. The third-order valence-corrected chi connectivity index (χ3v) is 13.5. The fraction of sp³-hybridized carbons (Fsp3) is 0.744. The lowest BCUT2D eigenvalue weighted by molar-refractivity contribution is -0.184. The summed E-state index contributed by atoms with van der Waals surface area (Å²) in [6, 6.07) is 8.32. The number of hydrogen-bond donors (Lipinski definition) is 2. The first-order valence-electron chi connectivity index (χ1n) is 19.1. The number of piperazine rings is 1. The number of likely N-dealkylation sites (tertiary alicyclic amines) is 1. The summed E-state index contributed by atoms with van der Waals surface area (Å²) in [6.07, 6.45) is 17.6. The van der Waals surface area contributed by atoms with Gasteiger partial charge in [-0.3, -0.25) is 20.3 Å². The average molecular weight is 661 g/mol. The van der Waals surface area contributed by atoms with Gasteiger partial charge < -0.3 is 14.5 Å². The van der Waals surface area contributed by atoms with Gasteiger partial charge in [0.15, 0.2) is 6.35 Å². The van der Waals surface area contributed by atoms with Crippen molar-refractivity contribution in [1.82, 2.24) is 25.3 Å². The van der Waals surface area contributed by atoms with Crippen LogP contribution in [0.4, 0.5) is 4.39 Å². The number of nitrogens with one attached hydrogen (secondary N) is 2. The fourth-order valence-electron chi connectivity index (χ4n) is 11.1. The molecule has 1 spiro atoms. The second-order valence-electron chi connectivity index (χ2n) is 15.9. The lowest BCUT2D eigenvalue weighted by Gasteiger charge is -2.64. The molecule has 3 saturated heterocycles. The lowest BCUT2D eigenvalue weighted by Crippen LogP contribution is -2.81. The van der Waals surface area contributed by atoms with E-state index in [-0.39, 0.29) is 41.2 Å². The Morgan fingerprint density at radius 1 is 1.08 bits per heavy atom. The molecule has 5 fully saturated rings. The van der Waals surface area contributed by atoms with Crippen LogP contribution in [0.2, 0.25) is 0 Å². The first kappa shape index (κ1) is 34.1. The summed E-state index contributed by atoms with van der Waals surface area (Å²) in [5.41, 5.74) is 2.19. The monoisotopic (exact) mass is 660 g/mol. The molecule has 6 aliphatic rings. The summed E-state index contributed by atoms with van der Waals surface area (Å²) in [6.45, 7) is 7.57. The molecule has 8 nitrogen and oxygen atoms in total. The largest absolute Gasteiger partial charge is 0.348 e. The molecule has 2 saturated carbocycles. The lowest BCUT2D eigenvalue weighted by atomic mass is 9.58. The maximum atomic E-state index is 14.8. The van der Waals surface area contributed by atoms with Gasteiger partial charge >= 0.3 is 0 Å². The van der Waals surface area contributed by atoms with Crippen LogP contribution >= 0.6 is 0 Å². The first-order valence-corrected chi connectivity index (χ1v) is 19.1. The van der Waals surface area contributed by atoms with Gasteiger partial charge in [-0.1, -0.05) is 44.7 Å². The number of halogens is 1. The van der Waals surface area contributed by atoms with Crippen LogP contribution < -0.4 is 10.6 Å². The van der Waals surface area contributed by atoms with Crippen LogP contribution in [-0.2, 0) is 21.4 Å². The van der Waals surface area contributed by atoms with Gasteiger partial charge in [0.2, 0.25) is 5.91 Å². The highest BCUT2D eigenvalue weighted by molar-refractivity contribution is 5.87. The Morgan fingerprint density at radius 3 is 2.65 bits per heavy atom. The number of hydrogen-bond acceptors (Lipinski definition) is 7. The number of nitriles is 1. The predicted octanol–water partition coefficient (Wildman–Crippen LogP) is 5.43. The highest BCUT2D eigenvalue weighted by atomic mass is 19.1. The number of carbonyl (C=O) groups excluding carboxylic acids is 1. The summed E-state index contributed by atoms with van der Waals surface area (Å²) >= 11 is 0. The minimum atomic E-state index is -0.332. The molecule has 1 aromatic rings. The molecule has 3 heterocycles. The molecule has 48 heavy (non-hydrogen) atoms. The number of likely N-dealkylation sites (N-methyl/N-ethyl adjacent to an activating group) is 1. The Morgan fingerprint density at radius 2 is 1.90 bits per heavy atom. The SMILES string of the molecule is C=CC(=O)N1CCN(C2(C3CCCCCCC3)NC(OC[C@H]3CCCN3C)NC3C[C@]4(CCc5ccc(F)cc54)CCC32)C[C@H]1CC#N. The third-order valence-electron chi connectivity index (χ3n) is 13.5. The summed E-state index contributed by atoms with van der Waals surface area (Å²) in [7, 11) is 2.21. The number of rotatable bonds is 7. The summed E-state index contributed by atoms with van der Waals surface area (Å²) < 4.78 is 21.6. The van der Waals surface area contributed by atoms with Crippen LogP contribution in [0.3, 0.4) is 0 Å². The molecule has 2 N–H and O–H groups in total. The van der Waals surface area contributed by atoms with Gasteiger partial charge in [-0.2, -0.15) is 5.26 Å². The Labute approximate surface area is 287 Å². The van der Waals surface area contributed by atoms with E-state index >= 15 is 0 Å². The maximum Gasteiger partial charge on any atom is 0.246 e. The van der Waals surface area contributed by atoms with Gasteiger partial charge in [-0.25, -0.2) is 4.39 Å². The number of fused-ring (bicyclic) bond motifs is 3. The zero-order chi connectivity index (χ0) is 33.3. The van der Waals surface area contributed by atoms with Crippen molar-refractivity contribution in [2.24, 2.45) is 11.8 Å². The highest BCUT2D eigenvalue weighted by Crippen LogP contribution is 2.55. The molecule has 0 aromatic heterocycles. The van der Waals surface area contributed by atoms with Crippen molar-refractivity contribution in [1.29, 1.82) is 5.26 Å². The number of ether oxygens (including phenoxy) is 1. The molecule has 7 rings (SSSR count). The third kappa shape index (κ3) is 6.37. The van der Waals surface area contributed by atoms with E-state index in [9.17, 15) is 14.4 Å². The van der Waals surface area contributed by atoms with E-state index in [0.717, 1.165) is 51.6 Å². The molecule has 262 valence electrons. The standard InChI is InChI=1S/C39H57FN6O2/c1-3-36(47)46-23-22-45(26-31(46)17-20-41)39(29-10-7-5-4-6-8-11-29)33-16-19-38(18-15-28-13-14-30(40)24-34(28)38)25-35(33)42-37(43-39)48-27-32-12-9-21-44(32)2/h3,13-14,24,29,31-33,35,37,42-43H,1,4-12,15-19,21-23,25-27H2,2H3/t31-,32-,33?,35?,37?,38+,39?/m1/s1. The van der Waals surface area contributed by atoms with Crippen LogP contribution in [0, 0.1) is 29.0 Å². The normalized spacial score (nSPS) is 36.6. The van der Waals surface area contributed by atoms with E-state index in [2.05, 4.69) is 40.1 Å². The van der Waals surface area contributed by atoms with Gasteiger partial charge in [0, 0.05) is 37.6 Å². The van der Waals surface area contributed by atoms with Crippen molar-refractivity contribution in [2.45, 2.75) is 132 Å². The summed E-state index contributed by atoms with van der Waals surface area (Å²) in [5, 5.41) is 18.2. The Kier molecular flexibility index (Phi) is 10.3. The molecule has 9 heteroatoms. The van der Waals surface area contributed by atoms with E-state index < -0.39 is 0 Å². The van der Waals surface area contributed by atoms with E-state index in [1.807, 2.05) is 17.0 Å². The zero-order valence-electron chi connectivity index (χ0n) is 29.1. The second-order valence-corrected chi connectivity index (χ2v) is 15.9. The molecule has 3 aliphatic heterocycles. The molecular formula is C39H57FN6O2. The van der Waals surface area contributed by atoms with Crippen LogP contribution in [0.15, 0.2) is 30.9 Å². The van der Waals surface area contributed by atoms with Crippen LogP contribution in [0.1, 0.15) is 101 Å². The molecule has 1 aromatic carbocycles. The van der Waals surface area contributed by atoms with Crippen LogP contribution in [0.5, 0.6) is 0 Å². The number of carbonyl (C=O) groups is 1. The average Bonchev–Trinajstić information content (AvgIpc) is 3.65. The number of benzene rings is 1. The molecule has 4 unspecified atom stereocenters. The van der Waals surface area contributed by atoms with Crippen LogP contribution in [0.25, 0.3) is 0 Å². The van der Waals surface area contributed by atoms with E-state index in [1.54, 1.807) is 6.07 Å². The fourth-order valence-corrected chi connectivity index (χ4v) is 11.1. The number of amides is 1. The van der Waals surface area contributed by atoms with Crippen molar-refractivity contribution in [3.8, 4) is 6.07 Å². The van der Waals surface area contributed by atoms with Crippen molar-refractivity contribution < 1.29 is 13.9 Å². The Hall–Kier alpha value is -2.35. The van der Waals surface area contributed by atoms with Gasteiger partial charge in [0.1, 0.15) is 5.82 Å². The molecule has 0 bridgehead atoms. The molecule has 3 aliphatic carbocycles. The van der Waals surface area contributed by atoms with Crippen LogP contribution in [-0.4, -0.2) is 90.6 Å². The zero-order valence-corrected chi connectivity index (χ0v) is 29.1. The second kappa shape index (κ2) is 14.5. The van der Waals surface area contributed by atoms with Gasteiger partial charge in [0.25, 0.3) is 0 Å². The first-order chi connectivity index (χ1) is 23.4. The van der Waals surface area contributed by atoms with E-state index in [4.69, 9.17) is 4.74 Å². The Bertz CT molecular complexity index is 1360. The highest BCUT2D eigenvalue weighted by Gasteiger charge is 2.60. The van der Waals surface area contributed by atoms with Crippen molar-refractivity contribution in [2.75, 3.05) is 39.8 Å². The summed E-state index contributed by atoms with van der Waals surface area (Å²) in [5.74, 6) is 0.541. The van der Waals surface area contributed by atoms with Crippen molar-refractivity contribution in [3.63, 3.8) is 0 Å². The van der Waals surface area contributed by atoms with Crippen molar-refractivity contribution >= 4 is 5.91 Å². The molecule has 7 atom stereocenters. The van der Waals surface area contributed by atoms with E-state index in [0.29, 0.717) is 44.0 Å². The quantitative estimate of drug-likeness (QED) is 0.378. The molecule has 0 radical (unpaired) electrons. The van der Waals surface area contributed by atoms with Gasteiger partial charge in [-0.15, -0.1) is 0 Å². The topological polar surface area (TPSA) is 83.9 Å². The summed E-state index contributed by atoms with van der Waals surface area (Å²) in [4.78, 5) is 20.0. The Balaban J connectivity index is 1.27. The molecular weight excluding hydrogens is 603 g/mol. The van der Waals surface area contributed by atoms with Gasteiger partial charge in [-0.05, 0) is 112 Å². The number of aryl methyl sites for hydroxylation is 1. The number of nitrogens with zero attached hydrogens (tertiary/aromatic N) is 4. The minimum absolute atomic E-state index is 0.0236.